The van der Waals surface area contributed by atoms with Gasteiger partial charge in [-0.15, -0.1) is 0 Å². The first kappa shape index (κ1) is 29.6. The Labute approximate surface area is 235 Å². The molecule has 1 saturated carbocycles. The molecule has 220 valence electrons. The fourth-order valence-corrected chi connectivity index (χ4v) is 6.50. The summed E-state index contributed by atoms with van der Waals surface area (Å²) in [6.45, 7) is 4.05. The van der Waals surface area contributed by atoms with Crippen molar-refractivity contribution in [1.29, 1.82) is 0 Å². The molecule has 2 aliphatic rings. The summed E-state index contributed by atoms with van der Waals surface area (Å²) in [5.74, 6) is -0.0336. The van der Waals surface area contributed by atoms with E-state index in [0.717, 1.165) is 50.2 Å². The molecule has 5 atom stereocenters. The molecule has 0 bridgehead atoms. The van der Waals surface area contributed by atoms with Gasteiger partial charge in [-0.05, 0) is 85.0 Å². The first-order chi connectivity index (χ1) is 19.4. The number of hydrogen-bond donors (Lipinski definition) is 0. The summed E-state index contributed by atoms with van der Waals surface area (Å²) in [6, 6.07) is 18.0. The van der Waals surface area contributed by atoms with Crippen LogP contribution >= 0.6 is 0 Å². The zero-order chi connectivity index (χ0) is 29.4. The highest BCUT2D eigenvalue weighted by Gasteiger charge is 2.46. The Morgan fingerprint density at radius 1 is 0.829 bits per heavy atom. The summed E-state index contributed by atoms with van der Waals surface area (Å²) in [6.07, 6.45) is -9.00. The molecule has 0 radical (unpaired) electrons. The number of alkyl halides is 6. The Hall–Kier alpha value is -2.91. The average Bonchev–Trinajstić information content (AvgIpc) is 3.35. The van der Waals surface area contributed by atoms with Crippen molar-refractivity contribution in [2.45, 2.75) is 56.7 Å². The van der Waals surface area contributed by atoms with Gasteiger partial charge < -0.3 is 9.64 Å². The molecule has 9 heteroatoms. The minimum Gasteiger partial charge on any atom is -0.370 e. The van der Waals surface area contributed by atoms with Crippen LogP contribution < -0.4 is 0 Å². The van der Waals surface area contributed by atoms with Crippen LogP contribution in [0.2, 0.25) is 0 Å². The lowest BCUT2D eigenvalue weighted by Crippen LogP contribution is -2.38. The lowest BCUT2D eigenvalue weighted by atomic mass is 9.69. The molecule has 41 heavy (non-hydrogen) atoms. The second-order valence-electron chi connectivity index (χ2n) is 11.2. The molecule has 3 aromatic carbocycles. The molecule has 0 aromatic heterocycles. The van der Waals surface area contributed by atoms with Crippen molar-refractivity contribution < 1.29 is 35.5 Å². The van der Waals surface area contributed by atoms with Crippen LogP contribution in [0.15, 0.2) is 72.8 Å². The minimum atomic E-state index is -4.93. The molecule has 2 fully saturated rings. The van der Waals surface area contributed by atoms with E-state index in [2.05, 4.69) is 17.0 Å². The maximum Gasteiger partial charge on any atom is 0.416 e. The summed E-state index contributed by atoms with van der Waals surface area (Å²) in [7, 11) is 0. The van der Waals surface area contributed by atoms with Gasteiger partial charge in [0, 0.05) is 25.6 Å². The molecular weight excluding hydrogens is 547 g/mol. The highest BCUT2D eigenvalue weighted by molar-refractivity contribution is 5.35. The molecule has 0 spiro atoms. The van der Waals surface area contributed by atoms with Crippen molar-refractivity contribution in [2.75, 3.05) is 19.6 Å². The van der Waals surface area contributed by atoms with Gasteiger partial charge in [0.05, 0.1) is 23.3 Å². The molecule has 1 aliphatic heterocycles. The van der Waals surface area contributed by atoms with Crippen LogP contribution in [0, 0.1) is 17.7 Å². The number of likely N-dealkylation sites (tertiary alicyclic amines) is 1. The zero-order valence-electron chi connectivity index (χ0n) is 22.6. The largest absolute Gasteiger partial charge is 0.416 e. The normalized spacial score (nSPS) is 24.3. The van der Waals surface area contributed by atoms with Crippen molar-refractivity contribution in [1.82, 2.24) is 4.90 Å². The number of halogens is 7. The average molecular weight is 580 g/mol. The summed E-state index contributed by atoms with van der Waals surface area (Å²) < 4.78 is 101. The SMILES string of the molecule is C[C@@H](O[C@H]1CC[C@H]2CN(CCc3ccccc3)C[C@H]2[C@@H]1c1ccc(F)cc1)c1cc(C(F)(F)F)cc(C(F)(F)F)c1. The third-order valence-corrected chi connectivity index (χ3v) is 8.52. The highest BCUT2D eigenvalue weighted by atomic mass is 19.4. The maximum atomic E-state index is 13.8. The lowest BCUT2D eigenvalue weighted by molar-refractivity contribution is -0.143. The van der Waals surface area contributed by atoms with Crippen molar-refractivity contribution in [3.63, 3.8) is 0 Å². The highest BCUT2D eigenvalue weighted by Crippen LogP contribution is 2.48. The Morgan fingerprint density at radius 2 is 1.46 bits per heavy atom. The van der Waals surface area contributed by atoms with Gasteiger partial charge in [0.25, 0.3) is 0 Å². The van der Waals surface area contributed by atoms with E-state index in [4.69, 9.17) is 4.74 Å². The molecule has 5 rings (SSSR count). The molecule has 1 saturated heterocycles. The fourth-order valence-electron chi connectivity index (χ4n) is 6.50. The van der Waals surface area contributed by atoms with E-state index < -0.39 is 35.7 Å². The van der Waals surface area contributed by atoms with Crippen LogP contribution in [-0.2, 0) is 23.5 Å². The van der Waals surface area contributed by atoms with Gasteiger partial charge in [0.1, 0.15) is 5.82 Å². The molecule has 0 unspecified atom stereocenters. The van der Waals surface area contributed by atoms with Gasteiger partial charge in [-0.3, -0.25) is 0 Å². The van der Waals surface area contributed by atoms with Crippen molar-refractivity contribution in [2.24, 2.45) is 11.8 Å². The predicted molar refractivity (Wildman–Crippen MR) is 142 cm³/mol. The monoisotopic (exact) mass is 579 g/mol. The van der Waals surface area contributed by atoms with E-state index in [-0.39, 0.29) is 29.3 Å². The number of nitrogens with zero attached hydrogens (tertiary/aromatic N) is 1. The molecule has 0 N–H and O–H groups in total. The topological polar surface area (TPSA) is 12.5 Å². The quantitative estimate of drug-likeness (QED) is 0.260. The molecule has 0 amide bonds. The summed E-state index contributed by atoms with van der Waals surface area (Å²) >= 11 is 0. The van der Waals surface area contributed by atoms with Crippen molar-refractivity contribution >= 4 is 0 Å². The minimum absolute atomic E-state index is 0.130. The van der Waals surface area contributed by atoms with E-state index in [9.17, 15) is 30.7 Å². The van der Waals surface area contributed by atoms with Crippen LogP contribution in [0.1, 0.15) is 59.6 Å². The maximum absolute atomic E-state index is 13.8. The lowest BCUT2D eigenvalue weighted by Gasteiger charge is -2.41. The predicted octanol–water partition coefficient (Wildman–Crippen LogP) is 8.68. The standard InChI is InChI=1S/C32H32F7NO/c1-20(24-15-25(31(34,35)36)17-26(16-24)32(37,38)39)41-29-12-9-23-18-40(14-13-21-5-3-2-4-6-21)19-28(23)30(29)22-7-10-27(33)11-8-22/h2-8,10-11,15-17,20,23,28-30H,9,12-14,18-19H2,1H3/t20-,23+,28-,29+,30+/m1/s1. The molecule has 2 nitrogen and oxygen atoms in total. The Balaban J connectivity index is 1.39. The van der Waals surface area contributed by atoms with E-state index in [1.165, 1.54) is 24.6 Å². The smallest absolute Gasteiger partial charge is 0.370 e. The molecule has 1 heterocycles. The Morgan fingerprint density at radius 3 is 2.07 bits per heavy atom. The second kappa shape index (κ2) is 11.8. The van der Waals surface area contributed by atoms with Gasteiger partial charge in [-0.25, -0.2) is 4.39 Å². The summed E-state index contributed by atoms with van der Waals surface area (Å²) in [4.78, 5) is 2.41. The molecule has 1 aliphatic carbocycles. The van der Waals surface area contributed by atoms with Gasteiger partial charge >= 0.3 is 12.4 Å². The van der Waals surface area contributed by atoms with Crippen LogP contribution in [0.25, 0.3) is 0 Å². The van der Waals surface area contributed by atoms with E-state index in [1.54, 1.807) is 12.1 Å². The van der Waals surface area contributed by atoms with Crippen molar-refractivity contribution in [3.8, 4) is 0 Å². The first-order valence-corrected chi connectivity index (χ1v) is 13.8. The van der Waals surface area contributed by atoms with E-state index >= 15 is 0 Å². The second-order valence-corrected chi connectivity index (χ2v) is 11.2. The van der Waals surface area contributed by atoms with Gasteiger partial charge in [0.15, 0.2) is 0 Å². The van der Waals surface area contributed by atoms with Gasteiger partial charge in [0.2, 0.25) is 0 Å². The number of fused-ring (bicyclic) bond motifs is 1. The number of rotatable bonds is 7. The Bertz CT molecular complexity index is 1270. The van der Waals surface area contributed by atoms with Gasteiger partial charge in [-0.2, -0.15) is 26.3 Å². The summed E-state index contributed by atoms with van der Waals surface area (Å²) in [5, 5.41) is 0. The summed E-state index contributed by atoms with van der Waals surface area (Å²) in [5.41, 5.74) is -0.791. The Kier molecular flexibility index (Phi) is 8.48. The number of benzene rings is 3. The molecular formula is C32H32F7NO. The number of ether oxygens (including phenoxy) is 1. The fraction of sp³-hybridized carbons (Fsp3) is 0.438. The third kappa shape index (κ3) is 6.95. The van der Waals surface area contributed by atoms with Gasteiger partial charge in [-0.1, -0.05) is 42.5 Å². The van der Waals surface area contributed by atoms with Crippen LogP contribution in [0.3, 0.4) is 0 Å². The van der Waals surface area contributed by atoms with E-state index in [1.807, 2.05) is 18.2 Å². The third-order valence-electron chi connectivity index (χ3n) is 8.52. The van der Waals surface area contributed by atoms with E-state index in [0.29, 0.717) is 12.3 Å². The van der Waals surface area contributed by atoms with Crippen molar-refractivity contribution in [3.05, 3.63) is 106 Å². The number of hydrogen-bond acceptors (Lipinski definition) is 2. The first-order valence-electron chi connectivity index (χ1n) is 13.8. The van der Waals surface area contributed by atoms with Crippen LogP contribution in [-0.4, -0.2) is 30.6 Å². The van der Waals surface area contributed by atoms with Crippen LogP contribution in [0.4, 0.5) is 30.7 Å². The van der Waals surface area contributed by atoms with Crippen LogP contribution in [0.5, 0.6) is 0 Å². The zero-order valence-corrected chi connectivity index (χ0v) is 22.6. The molecule has 3 aromatic rings.